The molecule has 5 nitrogen and oxygen atoms in total. The van der Waals surface area contributed by atoms with Crippen LogP contribution in [0.2, 0.25) is 0 Å². The highest BCUT2D eigenvalue weighted by Crippen LogP contribution is 2.15. The third-order valence-corrected chi connectivity index (χ3v) is 1.59. The maximum absolute atomic E-state index is 11.6. The SMILES string of the molecule is CCC(=O)N(OCC(F)(F)F)S(=O)O. The number of hydrogen-bond acceptors (Lipinski definition) is 3. The molecule has 0 radical (unpaired) electrons. The van der Waals surface area contributed by atoms with Crippen LogP contribution in [0.15, 0.2) is 0 Å². The molecule has 0 aromatic carbocycles. The Morgan fingerprint density at radius 2 is 2.07 bits per heavy atom. The minimum atomic E-state index is -4.66. The van der Waals surface area contributed by atoms with Crippen molar-refractivity contribution in [2.24, 2.45) is 0 Å². The lowest BCUT2D eigenvalue weighted by Gasteiger charge is -2.16. The Hall–Kier alpha value is -0.670. The summed E-state index contributed by atoms with van der Waals surface area (Å²) in [5.41, 5.74) is 0. The first-order valence-corrected chi connectivity index (χ1v) is 4.48. The Balaban J connectivity index is 4.26. The molecule has 0 fully saturated rings. The molecule has 0 bridgehead atoms. The lowest BCUT2D eigenvalue weighted by Crippen LogP contribution is -2.35. The van der Waals surface area contributed by atoms with Crippen LogP contribution in [0.1, 0.15) is 13.3 Å². The van der Waals surface area contributed by atoms with E-state index in [-0.39, 0.29) is 10.9 Å². The van der Waals surface area contributed by atoms with Gasteiger partial charge in [0, 0.05) is 6.42 Å². The highest BCUT2D eigenvalue weighted by atomic mass is 32.2. The lowest BCUT2D eigenvalue weighted by molar-refractivity contribution is -0.221. The summed E-state index contributed by atoms with van der Waals surface area (Å²) < 4.78 is 53.3. The monoisotopic (exact) mass is 235 g/mol. The van der Waals surface area contributed by atoms with Crippen molar-refractivity contribution < 1.29 is 31.6 Å². The van der Waals surface area contributed by atoms with Crippen LogP contribution in [-0.2, 0) is 20.9 Å². The van der Waals surface area contributed by atoms with Crippen molar-refractivity contribution in [1.29, 1.82) is 0 Å². The van der Waals surface area contributed by atoms with Gasteiger partial charge >= 0.3 is 6.18 Å². The summed E-state index contributed by atoms with van der Waals surface area (Å²) in [4.78, 5) is 14.6. The summed E-state index contributed by atoms with van der Waals surface area (Å²) in [6.45, 7) is -0.468. The Labute approximate surface area is 80.2 Å². The van der Waals surface area contributed by atoms with Gasteiger partial charge in [-0.05, 0) is 0 Å². The quantitative estimate of drug-likeness (QED) is 0.579. The van der Waals surface area contributed by atoms with Crippen LogP contribution >= 0.6 is 0 Å². The smallest absolute Gasteiger partial charge is 0.288 e. The Kier molecular flexibility index (Phi) is 5.02. The average Bonchev–Trinajstić information content (AvgIpc) is 2.01. The zero-order chi connectivity index (χ0) is 11.4. The number of carbonyl (C=O) groups is 1. The van der Waals surface area contributed by atoms with Crippen LogP contribution < -0.4 is 0 Å². The second-order valence-electron chi connectivity index (χ2n) is 2.12. The van der Waals surface area contributed by atoms with E-state index in [0.717, 1.165) is 0 Å². The lowest BCUT2D eigenvalue weighted by atomic mass is 10.5. The van der Waals surface area contributed by atoms with E-state index >= 15 is 0 Å². The number of carbonyl (C=O) groups excluding carboxylic acids is 1. The molecule has 9 heteroatoms. The summed E-state index contributed by atoms with van der Waals surface area (Å²) in [7, 11) is 0. The maximum Gasteiger partial charge on any atom is 0.414 e. The molecule has 0 aromatic rings. The van der Waals surface area contributed by atoms with Crippen molar-refractivity contribution in [2.75, 3.05) is 6.61 Å². The molecule has 1 unspecified atom stereocenters. The van der Waals surface area contributed by atoms with Crippen molar-refractivity contribution in [3.8, 4) is 0 Å². The number of hydroxylamine groups is 1. The first-order valence-electron chi connectivity index (χ1n) is 3.41. The fourth-order valence-corrected chi connectivity index (χ4v) is 0.911. The third-order valence-electron chi connectivity index (χ3n) is 0.993. The number of rotatable bonds is 4. The van der Waals surface area contributed by atoms with Crippen LogP contribution in [0.4, 0.5) is 13.2 Å². The summed E-state index contributed by atoms with van der Waals surface area (Å²) in [6.07, 6.45) is -4.89. The van der Waals surface area contributed by atoms with Crippen molar-refractivity contribution in [2.45, 2.75) is 19.5 Å². The molecular formula is C5H8F3NO4S. The maximum atomic E-state index is 11.6. The molecule has 1 amide bonds. The molecule has 1 atom stereocenters. The molecule has 14 heavy (non-hydrogen) atoms. The third kappa shape index (κ3) is 5.14. The Morgan fingerprint density at radius 1 is 1.57 bits per heavy atom. The molecule has 0 aliphatic rings. The number of nitrogens with zero attached hydrogens (tertiary/aromatic N) is 1. The van der Waals surface area contributed by atoms with Crippen LogP contribution in [0.5, 0.6) is 0 Å². The van der Waals surface area contributed by atoms with E-state index in [1.807, 2.05) is 0 Å². The molecule has 0 saturated carbocycles. The van der Waals surface area contributed by atoms with Gasteiger partial charge in [-0.3, -0.25) is 9.35 Å². The molecule has 0 heterocycles. The molecule has 0 rings (SSSR count). The van der Waals surface area contributed by atoms with E-state index in [1.54, 1.807) is 0 Å². The first-order chi connectivity index (χ1) is 6.28. The molecule has 0 aliphatic heterocycles. The van der Waals surface area contributed by atoms with E-state index in [4.69, 9.17) is 4.55 Å². The summed E-state index contributed by atoms with van der Waals surface area (Å²) in [6, 6.07) is 0. The van der Waals surface area contributed by atoms with E-state index in [2.05, 4.69) is 4.84 Å². The van der Waals surface area contributed by atoms with Gasteiger partial charge in [0.1, 0.15) is 0 Å². The molecular weight excluding hydrogens is 227 g/mol. The number of alkyl halides is 3. The highest BCUT2D eigenvalue weighted by Gasteiger charge is 2.31. The zero-order valence-electron chi connectivity index (χ0n) is 7.08. The molecule has 0 saturated heterocycles. The van der Waals surface area contributed by atoms with Crippen molar-refractivity contribution in [1.82, 2.24) is 4.47 Å². The van der Waals surface area contributed by atoms with Crippen molar-refractivity contribution >= 4 is 17.2 Å². The van der Waals surface area contributed by atoms with Gasteiger partial charge in [-0.2, -0.15) is 13.2 Å². The van der Waals surface area contributed by atoms with Gasteiger partial charge in [0.05, 0.1) is 0 Å². The standard InChI is InChI=1S/C5H8F3NO4S/c1-2-4(10)9(14(11)12)13-3-5(6,7)8/h2-3H2,1H3,(H,11,12). The topological polar surface area (TPSA) is 66.8 Å². The zero-order valence-corrected chi connectivity index (χ0v) is 7.89. The summed E-state index contributed by atoms with van der Waals surface area (Å²) >= 11 is -2.91. The first kappa shape index (κ1) is 13.3. The normalized spacial score (nSPS) is 13.8. The van der Waals surface area contributed by atoms with Gasteiger partial charge in [-0.15, -0.1) is 4.47 Å². The van der Waals surface area contributed by atoms with Gasteiger partial charge in [-0.1, -0.05) is 6.92 Å². The summed E-state index contributed by atoms with van der Waals surface area (Å²) in [5.74, 6) is -1.00. The van der Waals surface area contributed by atoms with Crippen LogP contribution in [0, 0.1) is 0 Å². The van der Waals surface area contributed by atoms with Crippen LogP contribution in [-0.4, -0.2) is 31.9 Å². The van der Waals surface area contributed by atoms with Crippen LogP contribution in [0.25, 0.3) is 0 Å². The minimum Gasteiger partial charge on any atom is -0.288 e. The molecule has 84 valence electrons. The molecule has 1 N–H and O–H groups in total. The van der Waals surface area contributed by atoms with E-state index in [0.29, 0.717) is 0 Å². The van der Waals surface area contributed by atoms with Gasteiger partial charge in [0.15, 0.2) is 6.61 Å². The Bertz CT molecular complexity index is 232. The van der Waals surface area contributed by atoms with Gasteiger partial charge in [-0.25, -0.2) is 9.05 Å². The van der Waals surface area contributed by atoms with Crippen LogP contribution in [0.3, 0.4) is 0 Å². The largest absolute Gasteiger partial charge is 0.414 e. The highest BCUT2D eigenvalue weighted by molar-refractivity contribution is 7.77. The predicted octanol–water partition coefficient (Wildman–Crippen LogP) is 0.856. The van der Waals surface area contributed by atoms with E-state index in [1.165, 1.54) is 6.92 Å². The number of halogens is 3. The average molecular weight is 235 g/mol. The second kappa shape index (κ2) is 5.27. The van der Waals surface area contributed by atoms with Gasteiger partial charge in [0.2, 0.25) is 0 Å². The number of amides is 1. The molecule has 0 aliphatic carbocycles. The van der Waals surface area contributed by atoms with Crippen molar-refractivity contribution in [3.63, 3.8) is 0 Å². The van der Waals surface area contributed by atoms with E-state index in [9.17, 15) is 22.2 Å². The minimum absolute atomic E-state index is 0.215. The van der Waals surface area contributed by atoms with Gasteiger partial charge in [0.25, 0.3) is 17.2 Å². The summed E-state index contributed by atoms with van der Waals surface area (Å²) in [5, 5.41) is 0. The van der Waals surface area contributed by atoms with Gasteiger partial charge < -0.3 is 0 Å². The number of hydrogen-bond donors (Lipinski definition) is 1. The second-order valence-corrected chi connectivity index (χ2v) is 2.92. The fourth-order valence-electron chi connectivity index (χ4n) is 0.465. The molecule has 0 spiro atoms. The van der Waals surface area contributed by atoms with Crippen molar-refractivity contribution in [3.05, 3.63) is 0 Å². The predicted molar refractivity (Wildman–Crippen MR) is 39.9 cm³/mol. The van der Waals surface area contributed by atoms with E-state index < -0.39 is 30.0 Å². The molecule has 0 aromatic heterocycles. The Morgan fingerprint density at radius 3 is 2.36 bits per heavy atom. The fraction of sp³-hybridized carbons (Fsp3) is 0.800.